The van der Waals surface area contributed by atoms with Crippen molar-refractivity contribution in [3.05, 3.63) is 29.3 Å². The number of sulfonamides is 1. The SMILES string of the molecule is Cc1ccc(S(=O)(=O)N2CCCC(CO)C2)c(C)c1. The van der Waals surface area contributed by atoms with Gasteiger partial charge in [-0.05, 0) is 44.2 Å². The van der Waals surface area contributed by atoms with E-state index < -0.39 is 10.0 Å². The molecular formula is C14H21NO3S. The van der Waals surface area contributed by atoms with Gasteiger partial charge in [0.05, 0.1) is 4.90 Å². The van der Waals surface area contributed by atoms with Crippen LogP contribution in [0.25, 0.3) is 0 Å². The molecular weight excluding hydrogens is 262 g/mol. The van der Waals surface area contributed by atoms with E-state index in [4.69, 9.17) is 0 Å². The number of hydrogen-bond donors (Lipinski definition) is 1. The summed E-state index contributed by atoms with van der Waals surface area (Å²) in [6.07, 6.45) is 1.71. The Morgan fingerprint density at radius 2 is 2.11 bits per heavy atom. The highest BCUT2D eigenvalue weighted by Crippen LogP contribution is 2.25. The smallest absolute Gasteiger partial charge is 0.243 e. The maximum Gasteiger partial charge on any atom is 0.243 e. The van der Waals surface area contributed by atoms with Crippen LogP contribution in [-0.4, -0.2) is 37.5 Å². The van der Waals surface area contributed by atoms with Crippen molar-refractivity contribution in [1.29, 1.82) is 0 Å². The standard InChI is InChI=1S/C14H21NO3S/c1-11-5-6-14(12(2)8-11)19(17,18)15-7-3-4-13(9-15)10-16/h5-6,8,13,16H,3-4,7,9-10H2,1-2H3. The van der Waals surface area contributed by atoms with E-state index in [0.29, 0.717) is 18.0 Å². The van der Waals surface area contributed by atoms with Gasteiger partial charge in [0.25, 0.3) is 0 Å². The molecule has 0 radical (unpaired) electrons. The molecule has 0 aromatic heterocycles. The van der Waals surface area contributed by atoms with Crippen molar-refractivity contribution in [3.8, 4) is 0 Å². The molecule has 1 aromatic rings. The van der Waals surface area contributed by atoms with Crippen LogP contribution in [0.4, 0.5) is 0 Å². The lowest BCUT2D eigenvalue weighted by molar-refractivity contribution is 0.165. The molecule has 106 valence electrons. The highest BCUT2D eigenvalue weighted by Gasteiger charge is 2.30. The number of rotatable bonds is 3. The van der Waals surface area contributed by atoms with Crippen LogP contribution in [0.2, 0.25) is 0 Å². The number of benzene rings is 1. The van der Waals surface area contributed by atoms with Gasteiger partial charge in [0.2, 0.25) is 10.0 Å². The second-order valence-corrected chi connectivity index (χ2v) is 7.23. The first kappa shape index (κ1) is 14.5. The molecule has 1 heterocycles. The summed E-state index contributed by atoms with van der Waals surface area (Å²) in [7, 11) is -3.43. The van der Waals surface area contributed by atoms with Gasteiger partial charge in [-0.15, -0.1) is 0 Å². The number of aryl methyl sites for hydroxylation is 2. The minimum absolute atomic E-state index is 0.0545. The maximum atomic E-state index is 12.6. The predicted octanol–water partition coefficient (Wildman–Crippen LogP) is 1.70. The molecule has 1 N–H and O–H groups in total. The van der Waals surface area contributed by atoms with Crippen LogP contribution in [0.3, 0.4) is 0 Å². The molecule has 0 amide bonds. The van der Waals surface area contributed by atoms with E-state index in [0.717, 1.165) is 24.0 Å². The fraction of sp³-hybridized carbons (Fsp3) is 0.571. The van der Waals surface area contributed by atoms with E-state index in [9.17, 15) is 13.5 Å². The first-order valence-corrected chi connectivity index (χ1v) is 8.07. The molecule has 1 atom stereocenters. The normalized spacial score (nSPS) is 21.5. The molecule has 1 aromatic carbocycles. The summed E-state index contributed by atoms with van der Waals surface area (Å²) in [5, 5.41) is 9.21. The number of piperidine rings is 1. The first-order valence-electron chi connectivity index (χ1n) is 6.63. The number of nitrogens with zero attached hydrogens (tertiary/aromatic N) is 1. The summed E-state index contributed by atoms with van der Waals surface area (Å²) in [6, 6.07) is 5.40. The topological polar surface area (TPSA) is 57.6 Å². The molecule has 0 bridgehead atoms. The lowest BCUT2D eigenvalue weighted by Gasteiger charge is -2.31. The van der Waals surface area contributed by atoms with Crippen molar-refractivity contribution in [2.24, 2.45) is 5.92 Å². The Bertz CT molecular complexity index is 554. The van der Waals surface area contributed by atoms with Gasteiger partial charge in [-0.3, -0.25) is 0 Å². The van der Waals surface area contributed by atoms with E-state index in [1.807, 2.05) is 26.0 Å². The summed E-state index contributed by atoms with van der Waals surface area (Å²) < 4.78 is 26.8. The summed E-state index contributed by atoms with van der Waals surface area (Å²) in [5.74, 6) is 0.0641. The van der Waals surface area contributed by atoms with E-state index >= 15 is 0 Å². The molecule has 5 heteroatoms. The van der Waals surface area contributed by atoms with Crippen molar-refractivity contribution in [2.45, 2.75) is 31.6 Å². The van der Waals surface area contributed by atoms with Crippen LogP contribution in [0.5, 0.6) is 0 Å². The summed E-state index contributed by atoms with van der Waals surface area (Å²) in [5.41, 5.74) is 1.84. The van der Waals surface area contributed by atoms with Gasteiger partial charge >= 0.3 is 0 Å². The third-order valence-corrected chi connectivity index (χ3v) is 5.71. The zero-order chi connectivity index (χ0) is 14.0. The molecule has 0 aliphatic carbocycles. The Kier molecular flexibility index (Phi) is 4.28. The third-order valence-electron chi connectivity index (χ3n) is 3.69. The third kappa shape index (κ3) is 2.99. The predicted molar refractivity (Wildman–Crippen MR) is 74.5 cm³/mol. The highest BCUT2D eigenvalue weighted by molar-refractivity contribution is 7.89. The highest BCUT2D eigenvalue weighted by atomic mass is 32.2. The van der Waals surface area contributed by atoms with Crippen molar-refractivity contribution >= 4 is 10.0 Å². The molecule has 1 saturated heterocycles. The van der Waals surface area contributed by atoms with Crippen LogP contribution < -0.4 is 0 Å². The van der Waals surface area contributed by atoms with Gasteiger partial charge in [0.15, 0.2) is 0 Å². The summed E-state index contributed by atoms with van der Waals surface area (Å²) >= 11 is 0. The Morgan fingerprint density at radius 1 is 1.37 bits per heavy atom. The van der Waals surface area contributed by atoms with E-state index in [2.05, 4.69) is 0 Å². The molecule has 19 heavy (non-hydrogen) atoms. The van der Waals surface area contributed by atoms with Crippen molar-refractivity contribution in [3.63, 3.8) is 0 Å². The Hall–Kier alpha value is -0.910. The number of hydrogen-bond acceptors (Lipinski definition) is 3. The van der Waals surface area contributed by atoms with Crippen LogP contribution in [-0.2, 0) is 10.0 Å². The van der Waals surface area contributed by atoms with Crippen LogP contribution in [0.1, 0.15) is 24.0 Å². The molecule has 1 aliphatic heterocycles. The van der Waals surface area contributed by atoms with Gasteiger partial charge in [0, 0.05) is 19.7 Å². The van der Waals surface area contributed by atoms with Crippen molar-refractivity contribution in [1.82, 2.24) is 4.31 Å². The molecule has 4 nitrogen and oxygen atoms in total. The van der Waals surface area contributed by atoms with Crippen molar-refractivity contribution in [2.75, 3.05) is 19.7 Å². The molecule has 0 spiro atoms. The van der Waals surface area contributed by atoms with Crippen molar-refractivity contribution < 1.29 is 13.5 Å². The second kappa shape index (κ2) is 5.61. The van der Waals surface area contributed by atoms with Crippen LogP contribution in [0, 0.1) is 19.8 Å². The molecule has 1 unspecified atom stereocenters. The summed E-state index contributed by atoms with van der Waals surface area (Å²) in [4.78, 5) is 0.386. The quantitative estimate of drug-likeness (QED) is 0.918. The lowest BCUT2D eigenvalue weighted by Crippen LogP contribution is -2.41. The number of aliphatic hydroxyl groups is 1. The Labute approximate surface area is 115 Å². The zero-order valence-electron chi connectivity index (χ0n) is 11.5. The average Bonchev–Trinajstić information content (AvgIpc) is 2.38. The van der Waals surface area contributed by atoms with Gasteiger partial charge in [-0.2, -0.15) is 4.31 Å². The maximum absolute atomic E-state index is 12.6. The molecule has 1 fully saturated rings. The average molecular weight is 283 g/mol. The monoisotopic (exact) mass is 283 g/mol. The summed E-state index contributed by atoms with van der Waals surface area (Å²) in [6.45, 7) is 4.80. The Morgan fingerprint density at radius 3 is 2.74 bits per heavy atom. The van der Waals surface area contributed by atoms with E-state index in [-0.39, 0.29) is 12.5 Å². The molecule has 2 rings (SSSR count). The van der Waals surface area contributed by atoms with Gasteiger partial charge in [0.1, 0.15) is 0 Å². The van der Waals surface area contributed by atoms with E-state index in [1.165, 1.54) is 4.31 Å². The fourth-order valence-electron chi connectivity index (χ4n) is 2.62. The van der Waals surface area contributed by atoms with Gasteiger partial charge in [-0.25, -0.2) is 8.42 Å². The minimum atomic E-state index is -3.43. The molecule has 0 saturated carbocycles. The van der Waals surface area contributed by atoms with Crippen LogP contribution >= 0.6 is 0 Å². The van der Waals surface area contributed by atoms with E-state index in [1.54, 1.807) is 6.07 Å². The molecule has 1 aliphatic rings. The fourth-order valence-corrected chi connectivity index (χ4v) is 4.38. The van der Waals surface area contributed by atoms with Gasteiger partial charge in [-0.1, -0.05) is 17.7 Å². The first-order chi connectivity index (χ1) is 8.95. The second-order valence-electron chi connectivity index (χ2n) is 5.32. The van der Waals surface area contributed by atoms with Gasteiger partial charge < -0.3 is 5.11 Å². The number of aliphatic hydroxyl groups excluding tert-OH is 1. The largest absolute Gasteiger partial charge is 0.396 e. The van der Waals surface area contributed by atoms with Crippen LogP contribution in [0.15, 0.2) is 23.1 Å². The minimum Gasteiger partial charge on any atom is -0.396 e. The Balaban J connectivity index is 2.31. The lowest BCUT2D eigenvalue weighted by atomic mass is 10.0. The zero-order valence-corrected chi connectivity index (χ0v) is 12.3.